The van der Waals surface area contributed by atoms with Crippen LogP contribution in [-0.4, -0.2) is 4.57 Å². The van der Waals surface area contributed by atoms with Gasteiger partial charge in [-0.15, -0.1) is 0 Å². The summed E-state index contributed by atoms with van der Waals surface area (Å²) in [5.74, 6) is 0. The molecule has 200 valence electrons. The third kappa shape index (κ3) is 3.77. The molecule has 0 saturated heterocycles. The number of nitriles is 2. The second-order valence-electron chi connectivity index (χ2n) is 10.4. The van der Waals surface area contributed by atoms with Crippen molar-refractivity contribution in [2.24, 2.45) is 0 Å². The first-order chi connectivity index (χ1) is 21.2. The van der Waals surface area contributed by atoms with Gasteiger partial charge in [0.2, 0.25) is 0 Å². The van der Waals surface area contributed by atoms with Gasteiger partial charge in [0.15, 0.2) is 0 Å². The summed E-state index contributed by atoms with van der Waals surface area (Å²) in [7, 11) is 0. The number of furan rings is 1. The summed E-state index contributed by atoms with van der Waals surface area (Å²) in [6, 6.07) is 49.0. The van der Waals surface area contributed by atoms with E-state index in [0.717, 1.165) is 60.8 Å². The maximum Gasteiger partial charge on any atom is 0.137 e. The lowest BCUT2D eigenvalue weighted by Gasteiger charge is -2.27. The molecule has 0 atom stereocenters. The Hall–Kier alpha value is -6.30. The highest BCUT2D eigenvalue weighted by Gasteiger charge is 2.22. The van der Waals surface area contributed by atoms with E-state index in [9.17, 15) is 10.5 Å². The van der Waals surface area contributed by atoms with E-state index in [-0.39, 0.29) is 0 Å². The molecule has 5 heteroatoms. The van der Waals surface area contributed by atoms with E-state index < -0.39 is 0 Å². The number of hydrogen-bond donors (Lipinski definition) is 0. The molecule has 8 aromatic rings. The molecule has 0 unspecified atom stereocenters. The van der Waals surface area contributed by atoms with Crippen LogP contribution in [0.25, 0.3) is 49.4 Å². The van der Waals surface area contributed by atoms with Gasteiger partial charge in [0, 0.05) is 44.7 Å². The second-order valence-corrected chi connectivity index (χ2v) is 10.4. The van der Waals surface area contributed by atoms with E-state index in [4.69, 9.17) is 4.42 Å². The third-order valence-electron chi connectivity index (χ3n) is 8.05. The average Bonchev–Trinajstić information content (AvgIpc) is 3.60. The number of para-hydroxylation sites is 4. The Morgan fingerprint density at radius 3 is 1.84 bits per heavy atom. The lowest BCUT2D eigenvalue weighted by Crippen LogP contribution is -2.12. The molecule has 0 saturated carbocycles. The first-order valence-electron chi connectivity index (χ1n) is 14.0. The highest BCUT2D eigenvalue weighted by molar-refractivity contribution is 6.10. The summed E-state index contributed by atoms with van der Waals surface area (Å²) in [6.07, 6.45) is 0. The predicted octanol–water partition coefficient (Wildman–Crippen LogP) is 9.90. The molecule has 0 amide bonds. The van der Waals surface area contributed by atoms with E-state index in [1.54, 1.807) is 6.07 Å². The summed E-state index contributed by atoms with van der Waals surface area (Å²) in [4.78, 5) is 2.10. The van der Waals surface area contributed by atoms with Gasteiger partial charge in [0.25, 0.3) is 0 Å². The topological polar surface area (TPSA) is 68.9 Å². The molecule has 5 nitrogen and oxygen atoms in total. The van der Waals surface area contributed by atoms with E-state index in [0.29, 0.717) is 16.8 Å². The molecule has 8 rings (SSSR count). The van der Waals surface area contributed by atoms with Crippen molar-refractivity contribution >= 4 is 60.8 Å². The van der Waals surface area contributed by atoms with Gasteiger partial charge in [-0.25, -0.2) is 0 Å². The lowest BCUT2D eigenvalue weighted by molar-refractivity contribution is 0.669. The third-order valence-corrected chi connectivity index (χ3v) is 8.05. The zero-order valence-corrected chi connectivity index (χ0v) is 22.9. The van der Waals surface area contributed by atoms with Crippen molar-refractivity contribution in [2.75, 3.05) is 4.90 Å². The molecule has 0 fully saturated rings. The Kier molecular flexibility index (Phi) is 5.50. The Labute approximate surface area is 247 Å². The number of anilines is 3. The standard InChI is InChI=1S/C38H22N4O/c39-23-25-20-28(21-36(33(25)24-40)42-34-15-7-4-12-29(34)30-13-5-8-16-35(30)42)41(26-10-2-1-3-11-26)27-18-19-32-31-14-6-9-17-37(31)43-38(32)22-27/h1-22H. The highest BCUT2D eigenvalue weighted by atomic mass is 16.3. The first kappa shape index (κ1) is 24.5. The predicted molar refractivity (Wildman–Crippen MR) is 172 cm³/mol. The smallest absolute Gasteiger partial charge is 0.137 e. The van der Waals surface area contributed by atoms with Crippen molar-refractivity contribution in [2.45, 2.75) is 0 Å². The van der Waals surface area contributed by atoms with Crippen LogP contribution in [0.15, 0.2) is 138 Å². The number of nitrogens with zero attached hydrogens (tertiary/aromatic N) is 4. The number of rotatable bonds is 4. The van der Waals surface area contributed by atoms with Crippen molar-refractivity contribution < 1.29 is 4.42 Å². The summed E-state index contributed by atoms with van der Waals surface area (Å²) in [5, 5.41) is 25.0. The SMILES string of the molecule is N#Cc1cc(N(c2ccccc2)c2ccc3c(c2)oc2ccccc23)cc(-n2c3ccccc3c3ccccc32)c1C#N. The van der Waals surface area contributed by atoms with Gasteiger partial charge in [-0.3, -0.25) is 0 Å². The first-order valence-corrected chi connectivity index (χ1v) is 14.0. The molecule has 2 heterocycles. The number of benzene rings is 6. The molecule has 6 aromatic carbocycles. The van der Waals surface area contributed by atoms with Gasteiger partial charge in [-0.2, -0.15) is 10.5 Å². The zero-order valence-electron chi connectivity index (χ0n) is 22.9. The molecule has 0 bridgehead atoms. The minimum Gasteiger partial charge on any atom is -0.456 e. The number of fused-ring (bicyclic) bond motifs is 6. The van der Waals surface area contributed by atoms with E-state index in [2.05, 4.69) is 64.1 Å². The van der Waals surface area contributed by atoms with Gasteiger partial charge in [-0.05, 0) is 54.6 Å². The Morgan fingerprint density at radius 2 is 1.14 bits per heavy atom. The maximum absolute atomic E-state index is 10.4. The molecule has 0 N–H and O–H groups in total. The van der Waals surface area contributed by atoms with Crippen molar-refractivity contribution in [1.82, 2.24) is 4.57 Å². The van der Waals surface area contributed by atoms with Crippen LogP contribution in [0.4, 0.5) is 17.1 Å². The Bertz CT molecular complexity index is 2380. The molecule has 0 aliphatic rings. The largest absolute Gasteiger partial charge is 0.456 e. The van der Waals surface area contributed by atoms with Crippen LogP contribution in [-0.2, 0) is 0 Å². The Morgan fingerprint density at radius 1 is 0.512 bits per heavy atom. The summed E-state index contributed by atoms with van der Waals surface area (Å²) < 4.78 is 8.35. The van der Waals surface area contributed by atoms with Crippen molar-refractivity contribution in [3.63, 3.8) is 0 Å². The average molecular weight is 551 g/mol. The quantitative estimate of drug-likeness (QED) is 0.219. The van der Waals surface area contributed by atoms with Crippen molar-refractivity contribution in [3.8, 4) is 17.8 Å². The van der Waals surface area contributed by atoms with Gasteiger partial charge in [0.1, 0.15) is 23.3 Å². The highest BCUT2D eigenvalue weighted by Crippen LogP contribution is 2.41. The van der Waals surface area contributed by atoms with Crippen LogP contribution in [0.2, 0.25) is 0 Å². The monoisotopic (exact) mass is 550 g/mol. The molecule has 0 radical (unpaired) electrons. The molecule has 0 aliphatic carbocycles. The van der Waals surface area contributed by atoms with E-state index >= 15 is 0 Å². The minimum absolute atomic E-state index is 0.308. The number of hydrogen-bond acceptors (Lipinski definition) is 4. The van der Waals surface area contributed by atoms with Gasteiger partial charge in [0.05, 0.1) is 27.8 Å². The molecular formula is C38H22N4O. The van der Waals surface area contributed by atoms with Crippen molar-refractivity contribution in [3.05, 3.63) is 145 Å². The van der Waals surface area contributed by atoms with Crippen LogP contribution in [0.5, 0.6) is 0 Å². The van der Waals surface area contributed by atoms with Crippen molar-refractivity contribution in [1.29, 1.82) is 10.5 Å². The summed E-state index contributed by atoms with van der Waals surface area (Å²) in [5.41, 5.74) is 7.39. The zero-order chi connectivity index (χ0) is 28.9. The normalized spacial score (nSPS) is 11.2. The van der Waals surface area contributed by atoms with Crippen LogP contribution < -0.4 is 4.90 Å². The van der Waals surface area contributed by atoms with E-state index in [1.807, 2.05) is 84.9 Å². The second kappa shape index (κ2) is 9.66. The van der Waals surface area contributed by atoms with Crippen LogP contribution >= 0.6 is 0 Å². The van der Waals surface area contributed by atoms with Crippen LogP contribution in [0.1, 0.15) is 11.1 Å². The van der Waals surface area contributed by atoms with Crippen LogP contribution in [0, 0.1) is 22.7 Å². The molecule has 2 aromatic heterocycles. The van der Waals surface area contributed by atoms with Gasteiger partial charge >= 0.3 is 0 Å². The van der Waals surface area contributed by atoms with Gasteiger partial charge in [-0.1, -0.05) is 72.8 Å². The Balaban J connectivity index is 1.43. The fourth-order valence-electron chi connectivity index (χ4n) is 6.18. The maximum atomic E-state index is 10.4. The minimum atomic E-state index is 0.308. The summed E-state index contributed by atoms with van der Waals surface area (Å²) >= 11 is 0. The number of aromatic nitrogens is 1. The molecule has 0 spiro atoms. The molecule has 0 aliphatic heterocycles. The lowest BCUT2D eigenvalue weighted by atomic mass is 10.0. The van der Waals surface area contributed by atoms with Gasteiger partial charge < -0.3 is 13.9 Å². The fraction of sp³-hybridized carbons (Fsp3) is 0. The molecule has 43 heavy (non-hydrogen) atoms. The summed E-state index contributed by atoms with van der Waals surface area (Å²) in [6.45, 7) is 0. The van der Waals surface area contributed by atoms with E-state index in [1.165, 1.54) is 0 Å². The molecular weight excluding hydrogens is 528 g/mol. The fourth-order valence-corrected chi connectivity index (χ4v) is 6.18. The van der Waals surface area contributed by atoms with Crippen LogP contribution in [0.3, 0.4) is 0 Å².